The maximum atomic E-state index is 11.9. The number of Topliss-reactive ketones (excluding diaryl/α,β-unsaturated/α-hetero) is 1. The molecule has 0 heterocycles. The zero-order chi connectivity index (χ0) is 16.3. The van der Waals surface area contributed by atoms with Crippen LogP contribution in [0.15, 0.2) is 10.2 Å². The molecule has 120 valence electrons. The Hall–Kier alpha value is -0.840. The molecule has 0 aliphatic heterocycles. The molecule has 1 rings (SSSR count). The predicted molar refractivity (Wildman–Crippen MR) is 87.1 cm³/mol. The summed E-state index contributed by atoms with van der Waals surface area (Å²) < 4.78 is 5.91. The van der Waals surface area contributed by atoms with Gasteiger partial charge in [-0.1, -0.05) is 13.8 Å². The summed E-state index contributed by atoms with van der Waals surface area (Å²) >= 11 is 3.37. The van der Waals surface area contributed by atoms with E-state index in [1.807, 2.05) is 20.8 Å². The molecule has 0 radical (unpaired) electrons. The largest absolute Gasteiger partial charge is 0.460 e. The predicted octanol–water partition coefficient (Wildman–Crippen LogP) is 3.69. The summed E-state index contributed by atoms with van der Waals surface area (Å²) in [4.78, 5) is 23.5. The molecule has 1 aliphatic carbocycles. The van der Waals surface area contributed by atoms with Crippen molar-refractivity contribution in [3.63, 3.8) is 0 Å². The Morgan fingerprint density at radius 3 is 2.52 bits per heavy atom. The molecule has 1 aliphatic rings. The first-order valence-corrected chi connectivity index (χ1v) is 8.17. The fourth-order valence-corrected chi connectivity index (χ4v) is 2.72. The van der Waals surface area contributed by atoms with Crippen molar-refractivity contribution >= 4 is 27.7 Å². The lowest BCUT2D eigenvalue weighted by Crippen LogP contribution is -2.30. The van der Waals surface area contributed by atoms with Crippen LogP contribution in [0.4, 0.5) is 0 Å². The van der Waals surface area contributed by atoms with E-state index in [0.29, 0.717) is 30.3 Å². The van der Waals surface area contributed by atoms with Crippen molar-refractivity contribution in [2.75, 3.05) is 6.54 Å². The number of rotatable bonds is 5. The number of carbonyl (C=O) groups is 2. The van der Waals surface area contributed by atoms with Crippen molar-refractivity contribution in [1.29, 1.82) is 0 Å². The topological polar surface area (TPSA) is 55.4 Å². The van der Waals surface area contributed by atoms with Crippen molar-refractivity contribution in [2.45, 2.75) is 65.9 Å². The standard InChI is InChI=1S/C16H26BrNO3/c1-15(2,3)21-13(20)7-6-8-18-11-9-16(4,5)10-12(19)14(11)17/h18H,6-10H2,1-5H3. The van der Waals surface area contributed by atoms with Crippen molar-refractivity contribution < 1.29 is 14.3 Å². The first-order chi connectivity index (χ1) is 9.50. The van der Waals surface area contributed by atoms with E-state index >= 15 is 0 Å². The van der Waals surface area contributed by atoms with Crippen molar-refractivity contribution in [1.82, 2.24) is 5.32 Å². The van der Waals surface area contributed by atoms with Gasteiger partial charge in [0, 0.05) is 25.1 Å². The lowest BCUT2D eigenvalue weighted by atomic mass is 9.79. The number of ether oxygens (including phenoxy) is 1. The molecule has 0 fully saturated rings. The molecular weight excluding hydrogens is 334 g/mol. The van der Waals surface area contributed by atoms with E-state index < -0.39 is 5.60 Å². The highest BCUT2D eigenvalue weighted by molar-refractivity contribution is 9.12. The van der Waals surface area contributed by atoms with Gasteiger partial charge in [-0.05, 0) is 55.0 Å². The minimum absolute atomic E-state index is 0.0121. The molecule has 0 aromatic carbocycles. The van der Waals surface area contributed by atoms with Crippen LogP contribution in [-0.4, -0.2) is 23.9 Å². The van der Waals surface area contributed by atoms with Gasteiger partial charge >= 0.3 is 5.97 Å². The van der Waals surface area contributed by atoms with Crippen LogP contribution in [0.5, 0.6) is 0 Å². The summed E-state index contributed by atoms with van der Waals surface area (Å²) in [6, 6.07) is 0. The molecule has 21 heavy (non-hydrogen) atoms. The normalized spacial score (nSPS) is 18.7. The Kier molecular flexibility index (Phi) is 6.02. The highest BCUT2D eigenvalue weighted by atomic mass is 79.9. The molecular formula is C16H26BrNO3. The second-order valence-corrected chi connectivity index (χ2v) is 8.14. The Bertz CT molecular complexity index is 447. The zero-order valence-electron chi connectivity index (χ0n) is 13.6. The van der Waals surface area contributed by atoms with Gasteiger partial charge in [-0.25, -0.2) is 0 Å². The summed E-state index contributed by atoms with van der Waals surface area (Å²) in [5.41, 5.74) is 0.498. The minimum atomic E-state index is -0.435. The van der Waals surface area contributed by atoms with Gasteiger partial charge in [0.25, 0.3) is 0 Å². The summed E-state index contributed by atoms with van der Waals surface area (Å²) in [5, 5.41) is 3.28. The van der Waals surface area contributed by atoms with Gasteiger partial charge < -0.3 is 10.1 Å². The molecule has 0 aromatic rings. The lowest BCUT2D eigenvalue weighted by Gasteiger charge is -2.31. The van der Waals surface area contributed by atoms with Crippen molar-refractivity contribution in [3.05, 3.63) is 10.2 Å². The maximum absolute atomic E-state index is 11.9. The third-order valence-electron chi connectivity index (χ3n) is 3.12. The van der Waals surface area contributed by atoms with Crippen LogP contribution >= 0.6 is 15.9 Å². The molecule has 0 unspecified atom stereocenters. The van der Waals surface area contributed by atoms with Gasteiger partial charge in [0.1, 0.15) is 5.60 Å². The molecule has 0 spiro atoms. The van der Waals surface area contributed by atoms with Crippen LogP contribution in [0, 0.1) is 5.41 Å². The van der Waals surface area contributed by atoms with Crippen molar-refractivity contribution in [2.24, 2.45) is 5.41 Å². The average molecular weight is 360 g/mol. The SMILES string of the molecule is CC1(C)CC(=O)C(Br)=C(NCCCC(=O)OC(C)(C)C)C1. The monoisotopic (exact) mass is 359 g/mol. The van der Waals surface area contributed by atoms with Gasteiger partial charge in [-0.2, -0.15) is 0 Å². The van der Waals surface area contributed by atoms with E-state index in [1.165, 1.54) is 0 Å². The number of hydrogen-bond acceptors (Lipinski definition) is 4. The fraction of sp³-hybridized carbons (Fsp3) is 0.750. The summed E-state index contributed by atoms with van der Waals surface area (Å²) in [5.74, 6) is -0.0433. The molecule has 0 aromatic heterocycles. The third kappa shape index (κ3) is 6.64. The van der Waals surface area contributed by atoms with Gasteiger partial charge in [-0.15, -0.1) is 0 Å². The number of allylic oxidation sites excluding steroid dienone is 2. The first-order valence-electron chi connectivity index (χ1n) is 7.38. The second-order valence-electron chi connectivity index (χ2n) is 7.35. The fourth-order valence-electron chi connectivity index (χ4n) is 2.30. The molecule has 1 N–H and O–H groups in total. The summed E-state index contributed by atoms with van der Waals surface area (Å²) in [6.45, 7) is 10.4. The van der Waals surface area contributed by atoms with Crippen LogP contribution in [0.25, 0.3) is 0 Å². The maximum Gasteiger partial charge on any atom is 0.306 e. The molecule has 4 nitrogen and oxygen atoms in total. The van der Waals surface area contributed by atoms with Crippen LogP contribution < -0.4 is 5.32 Å². The van der Waals surface area contributed by atoms with E-state index in [4.69, 9.17) is 4.74 Å². The quantitative estimate of drug-likeness (QED) is 0.600. The van der Waals surface area contributed by atoms with E-state index in [-0.39, 0.29) is 17.2 Å². The Balaban J connectivity index is 2.40. The number of ketones is 1. The molecule has 5 heteroatoms. The van der Waals surface area contributed by atoms with E-state index in [0.717, 1.165) is 12.1 Å². The highest BCUT2D eigenvalue weighted by Crippen LogP contribution is 2.37. The molecule has 0 bridgehead atoms. The van der Waals surface area contributed by atoms with Crippen LogP contribution in [-0.2, 0) is 14.3 Å². The molecule has 0 saturated heterocycles. The number of halogens is 1. The third-order valence-corrected chi connectivity index (χ3v) is 4.04. The van der Waals surface area contributed by atoms with Gasteiger partial charge in [-0.3, -0.25) is 9.59 Å². The zero-order valence-corrected chi connectivity index (χ0v) is 15.2. The highest BCUT2D eigenvalue weighted by Gasteiger charge is 2.31. The van der Waals surface area contributed by atoms with Crippen LogP contribution in [0.2, 0.25) is 0 Å². The number of hydrogen-bond donors (Lipinski definition) is 1. The number of esters is 1. The number of nitrogens with one attached hydrogen (secondary N) is 1. The number of carbonyl (C=O) groups excluding carboxylic acids is 2. The van der Waals surface area contributed by atoms with Gasteiger partial charge in [0.15, 0.2) is 5.78 Å². The first kappa shape index (κ1) is 18.2. The Labute approximate surface area is 135 Å². The average Bonchev–Trinajstić information content (AvgIpc) is 2.27. The van der Waals surface area contributed by atoms with Crippen LogP contribution in [0.1, 0.15) is 60.3 Å². The van der Waals surface area contributed by atoms with Crippen molar-refractivity contribution in [3.8, 4) is 0 Å². The van der Waals surface area contributed by atoms with E-state index in [2.05, 4.69) is 35.1 Å². The molecule has 0 amide bonds. The summed E-state index contributed by atoms with van der Waals surface area (Å²) in [7, 11) is 0. The van der Waals surface area contributed by atoms with Gasteiger partial charge in [0.05, 0.1) is 4.48 Å². The molecule has 0 saturated carbocycles. The smallest absolute Gasteiger partial charge is 0.306 e. The van der Waals surface area contributed by atoms with Crippen LogP contribution in [0.3, 0.4) is 0 Å². The summed E-state index contributed by atoms with van der Waals surface area (Å²) in [6.07, 6.45) is 2.47. The molecule has 0 atom stereocenters. The minimum Gasteiger partial charge on any atom is -0.460 e. The lowest BCUT2D eigenvalue weighted by molar-refractivity contribution is -0.154. The van der Waals surface area contributed by atoms with E-state index in [9.17, 15) is 9.59 Å². The van der Waals surface area contributed by atoms with E-state index in [1.54, 1.807) is 0 Å². The Morgan fingerprint density at radius 2 is 1.95 bits per heavy atom. The Morgan fingerprint density at radius 1 is 1.33 bits per heavy atom. The second kappa shape index (κ2) is 6.95. The van der Waals surface area contributed by atoms with Gasteiger partial charge in [0.2, 0.25) is 0 Å².